The van der Waals surface area contributed by atoms with Crippen LogP contribution in [0.25, 0.3) is 0 Å². The molecule has 0 aromatic carbocycles. The van der Waals surface area contributed by atoms with Gasteiger partial charge in [-0.15, -0.1) is 0 Å². The van der Waals surface area contributed by atoms with E-state index in [9.17, 15) is 25.5 Å². The summed E-state index contributed by atoms with van der Waals surface area (Å²) in [6.07, 6.45) is 11.1. The van der Waals surface area contributed by atoms with Gasteiger partial charge in [0.15, 0.2) is 6.29 Å². The molecule has 1 heterocycles. The van der Waals surface area contributed by atoms with Gasteiger partial charge in [-0.1, -0.05) is 83.3 Å². The average Bonchev–Trinajstić information content (AvgIpc) is 2.79. The van der Waals surface area contributed by atoms with E-state index in [0.29, 0.717) is 0 Å². The topological polar surface area (TPSA) is 146 Å². The summed E-state index contributed by atoms with van der Waals surface area (Å²) in [5.74, 6) is 0. The van der Waals surface area contributed by atoms with Gasteiger partial charge < -0.3 is 40.7 Å². The first-order chi connectivity index (χ1) is 15.4. The molecule has 0 aromatic heterocycles. The minimum Gasteiger partial charge on any atom is -0.394 e. The number of aliphatic hydroxyl groups is 5. The number of hydrogen-bond donors (Lipinski definition) is 6. The standard InChI is InChI=1S/C24H47NO7/c1-2-3-4-5-6-7-8-9-10-11-12-13-14-15-19(27)18(25)17-31-24-23(30)22(29)21(28)20(16-26)32-24/h14-15,18-24,26-30H,2-13,16-17,25H2,1H3/t18?,19?,20-,21-,22+,23-,24-/m1/s1. The number of allylic oxidation sites excluding steroid dienone is 1. The summed E-state index contributed by atoms with van der Waals surface area (Å²) in [7, 11) is 0. The van der Waals surface area contributed by atoms with Crippen molar-refractivity contribution in [1.29, 1.82) is 0 Å². The fraction of sp³-hybridized carbons (Fsp3) is 0.917. The first-order valence-electron chi connectivity index (χ1n) is 12.4. The molecule has 0 radical (unpaired) electrons. The lowest BCUT2D eigenvalue weighted by atomic mass is 9.99. The van der Waals surface area contributed by atoms with E-state index in [1.807, 2.05) is 6.08 Å². The summed E-state index contributed by atoms with van der Waals surface area (Å²) in [6, 6.07) is -0.740. The molecule has 7 N–H and O–H groups in total. The van der Waals surface area contributed by atoms with Gasteiger partial charge in [0.25, 0.3) is 0 Å². The largest absolute Gasteiger partial charge is 0.394 e. The molecule has 2 unspecified atom stereocenters. The highest BCUT2D eigenvalue weighted by Crippen LogP contribution is 2.22. The third-order valence-corrected chi connectivity index (χ3v) is 6.05. The monoisotopic (exact) mass is 461 g/mol. The average molecular weight is 462 g/mol. The van der Waals surface area contributed by atoms with Crippen LogP contribution in [-0.4, -0.2) is 81.6 Å². The molecule has 0 spiro atoms. The maximum absolute atomic E-state index is 10.2. The van der Waals surface area contributed by atoms with Gasteiger partial charge in [-0.25, -0.2) is 0 Å². The minimum absolute atomic E-state index is 0.118. The molecule has 8 heteroatoms. The van der Waals surface area contributed by atoms with Crippen LogP contribution >= 0.6 is 0 Å². The van der Waals surface area contributed by atoms with E-state index in [-0.39, 0.29) is 6.61 Å². The van der Waals surface area contributed by atoms with Crippen LogP contribution in [0.3, 0.4) is 0 Å². The molecule has 1 fully saturated rings. The smallest absolute Gasteiger partial charge is 0.186 e. The molecule has 8 nitrogen and oxygen atoms in total. The van der Waals surface area contributed by atoms with Gasteiger partial charge in [0, 0.05) is 0 Å². The van der Waals surface area contributed by atoms with Gasteiger partial charge in [0.1, 0.15) is 24.4 Å². The van der Waals surface area contributed by atoms with E-state index in [1.54, 1.807) is 6.08 Å². The predicted octanol–water partition coefficient (Wildman–Crippen LogP) is 1.75. The Labute approximate surface area is 193 Å². The summed E-state index contributed by atoms with van der Waals surface area (Å²) in [4.78, 5) is 0. The lowest BCUT2D eigenvalue weighted by Gasteiger charge is -2.39. The van der Waals surface area contributed by atoms with Crippen LogP contribution in [-0.2, 0) is 9.47 Å². The molecule has 0 aliphatic carbocycles. The van der Waals surface area contributed by atoms with E-state index in [2.05, 4.69) is 6.92 Å². The van der Waals surface area contributed by atoms with E-state index >= 15 is 0 Å². The van der Waals surface area contributed by atoms with Gasteiger partial charge in [0.05, 0.1) is 25.4 Å². The second-order valence-corrected chi connectivity index (χ2v) is 8.94. The fourth-order valence-corrected chi connectivity index (χ4v) is 3.81. The van der Waals surface area contributed by atoms with Crippen molar-refractivity contribution in [2.75, 3.05) is 13.2 Å². The third kappa shape index (κ3) is 11.5. The maximum atomic E-state index is 10.2. The number of rotatable bonds is 18. The van der Waals surface area contributed by atoms with E-state index in [0.717, 1.165) is 12.8 Å². The maximum Gasteiger partial charge on any atom is 0.186 e. The Morgan fingerprint density at radius 1 is 0.875 bits per heavy atom. The van der Waals surface area contributed by atoms with E-state index in [1.165, 1.54) is 64.2 Å². The van der Waals surface area contributed by atoms with Crippen LogP contribution in [0.2, 0.25) is 0 Å². The van der Waals surface area contributed by atoms with E-state index < -0.39 is 49.5 Å². The molecule has 1 aliphatic rings. The molecular formula is C24H47NO7. The Morgan fingerprint density at radius 2 is 1.44 bits per heavy atom. The number of unbranched alkanes of at least 4 members (excludes halogenated alkanes) is 11. The van der Waals surface area contributed by atoms with Crippen molar-refractivity contribution in [2.24, 2.45) is 5.73 Å². The van der Waals surface area contributed by atoms with Gasteiger partial charge >= 0.3 is 0 Å². The van der Waals surface area contributed by atoms with Crippen molar-refractivity contribution in [2.45, 2.75) is 127 Å². The third-order valence-electron chi connectivity index (χ3n) is 6.05. The Balaban J connectivity index is 2.10. The molecular weight excluding hydrogens is 414 g/mol. The van der Waals surface area contributed by atoms with Crippen LogP contribution in [0.1, 0.15) is 84.0 Å². The van der Waals surface area contributed by atoms with Gasteiger partial charge in [-0.05, 0) is 12.8 Å². The van der Waals surface area contributed by atoms with Crippen molar-refractivity contribution in [3.05, 3.63) is 12.2 Å². The Kier molecular flexibility index (Phi) is 16.4. The summed E-state index contributed by atoms with van der Waals surface area (Å²) in [5.41, 5.74) is 5.93. The second kappa shape index (κ2) is 17.8. The SMILES string of the molecule is CCCCCCCCCCCCCC=CC(O)C(N)CO[C@@H]1O[C@H](CO)[C@@H](O)[C@H](O)[C@H]1O. The summed E-state index contributed by atoms with van der Waals surface area (Å²) >= 11 is 0. The molecule has 0 aromatic rings. The lowest BCUT2D eigenvalue weighted by molar-refractivity contribution is -0.302. The molecule has 1 saturated heterocycles. The van der Waals surface area contributed by atoms with Crippen LogP contribution in [0, 0.1) is 0 Å². The van der Waals surface area contributed by atoms with Crippen molar-refractivity contribution in [3.63, 3.8) is 0 Å². The molecule has 1 rings (SSSR count). The molecule has 0 amide bonds. The van der Waals surface area contributed by atoms with Crippen LogP contribution < -0.4 is 5.73 Å². The highest BCUT2D eigenvalue weighted by atomic mass is 16.7. The zero-order valence-corrected chi connectivity index (χ0v) is 19.7. The van der Waals surface area contributed by atoms with Gasteiger partial charge in [-0.2, -0.15) is 0 Å². The van der Waals surface area contributed by atoms with Crippen molar-refractivity contribution in [3.8, 4) is 0 Å². The summed E-state index contributed by atoms with van der Waals surface area (Å²) in [6.45, 7) is 1.60. The molecule has 1 aliphatic heterocycles. The van der Waals surface area contributed by atoms with Crippen LogP contribution in [0.4, 0.5) is 0 Å². The number of aliphatic hydroxyl groups excluding tert-OH is 5. The Morgan fingerprint density at radius 3 is 2.00 bits per heavy atom. The highest BCUT2D eigenvalue weighted by Gasteiger charge is 2.44. The Hall–Kier alpha value is -0.580. The normalized spacial score (nSPS) is 28.3. The number of hydrogen-bond acceptors (Lipinski definition) is 8. The van der Waals surface area contributed by atoms with Crippen molar-refractivity contribution in [1.82, 2.24) is 0 Å². The van der Waals surface area contributed by atoms with Gasteiger partial charge in [0.2, 0.25) is 0 Å². The molecule has 190 valence electrons. The number of nitrogens with two attached hydrogens (primary N) is 1. The molecule has 0 bridgehead atoms. The predicted molar refractivity (Wildman–Crippen MR) is 124 cm³/mol. The Bertz CT molecular complexity index is 477. The van der Waals surface area contributed by atoms with Crippen LogP contribution in [0.5, 0.6) is 0 Å². The van der Waals surface area contributed by atoms with Crippen molar-refractivity contribution < 1.29 is 35.0 Å². The lowest BCUT2D eigenvalue weighted by Crippen LogP contribution is -2.59. The number of ether oxygens (including phenoxy) is 2. The highest BCUT2D eigenvalue weighted by molar-refractivity contribution is 4.94. The second-order valence-electron chi connectivity index (χ2n) is 8.94. The van der Waals surface area contributed by atoms with Gasteiger partial charge in [-0.3, -0.25) is 0 Å². The van der Waals surface area contributed by atoms with E-state index in [4.69, 9.17) is 15.2 Å². The van der Waals surface area contributed by atoms with Crippen LogP contribution in [0.15, 0.2) is 12.2 Å². The summed E-state index contributed by atoms with van der Waals surface area (Å²) in [5, 5.41) is 48.8. The molecule has 32 heavy (non-hydrogen) atoms. The quantitative estimate of drug-likeness (QED) is 0.134. The molecule has 0 saturated carbocycles. The fourth-order valence-electron chi connectivity index (χ4n) is 3.81. The van der Waals surface area contributed by atoms with Crippen molar-refractivity contribution >= 4 is 0 Å². The first-order valence-corrected chi connectivity index (χ1v) is 12.4. The summed E-state index contributed by atoms with van der Waals surface area (Å²) < 4.78 is 10.6. The zero-order valence-electron chi connectivity index (χ0n) is 19.7. The zero-order chi connectivity index (χ0) is 23.8. The first kappa shape index (κ1) is 29.5. The minimum atomic E-state index is -1.50. The molecule has 7 atom stereocenters.